The van der Waals surface area contributed by atoms with Crippen molar-refractivity contribution in [2.45, 2.75) is 13.5 Å². The van der Waals surface area contributed by atoms with Crippen molar-refractivity contribution in [2.75, 3.05) is 5.32 Å². The fourth-order valence-corrected chi connectivity index (χ4v) is 2.85. The Hall–Kier alpha value is -1.47. The molecular formula is C11H10BrN3O2S. The molecule has 0 fully saturated rings. The average Bonchev–Trinajstić information content (AvgIpc) is 2.72. The maximum atomic E-state index is 10.7. The highest BCUT2D eigenvalue weighted by Crippen LogP contribution is 2.22. The number of halogens is 1. The van der Waals surface area contributed by atoms with Crippen LogP contribution >= 0.6 is 27.3 Å². The Morgan fingerprint density at radius 1 is 1.56 bits per heavy atom. The van der Waals surface area contributed by atoms with Crippen molar-refractivity contribution in [3.8, 4) is 0 Å². The lowest BCUT2D eigenvalue weighted by molar-refractivity contribution is -0.385. The first kappa shape index (κ1) is 13.0. The largest absolute Gasteiger partial charge is 0.365 e. The van der Waals surface area contributed by atoms with Gasteiger partial charge in [0.15, 0.2) is 0 Å². The van der Waals surface area contributed by atoms with Crippen molar-refractivity contribution < 1.29 is 4.92 Å². The third-order valence-corrected chi connectivity index (χ3v) is 4.04. The molecule has 0 bridgehead atoms. The van der Waals surface area contributed by atoms with Crippen LogP contribution in [0.3, 0.4) is 0 Å². The summed E-state index contributed by atoms with van der Waals surface area (Å²) in [6.45, 7) is 2.35. The van der Waals surface area contributed by atoms with Crippen molar-refractivity contribution >= 4 is 38.8 Å². The van der Waals surface area contributed by atoms with E-state index in [2.05, 4.69) is 26.2 Å². The topological polar surface area (TPSA) is 68.1 Å². The summed E-state index contributed by atoms with van der Waals surface area (Å²) in [4.78, 5) is 15.4. The zero-order valence-electron chi connectivity index (χ0n) is 9.51. The summed E-state index contributed by atoms with van der Waals surface area (Å²) in [5, 5.41) is 15.8. The van der Waals surface area contributed by atoms with E-state index in [0.717, 1.165) is 4.47 Å². The summed E-state index contributed by atoms with van der Waals surface area (Å²) in [7, 11) is 0. The van der Waals surface area contributed by atoms with Crippen LogP contribution in [0.5, 0.6) is 0 Å². The van der Waals surface area contributed by atoms with E-state index < -0.39 is 4.92 Å². The van der Waals surface area contributed by atoms with Gasteiger partial charge in [-0.1, -0.05) is 0 Å². The van der Waals surface area contributed by atoms with Gasteiger partial charge in [0.1, 0.15) is 12.0 Å². The van der Waals surface area contributed by atoms with Crippen LogP contribution in [0.4, 0.5) is 11.5 Å². The zero-order valence-corrected chi connectivity index (χ0v) is 11.9. The molecule has 1 N–H and O–H groups in total. The molecule has 0 aliphatic carbocycles. The van der Waals surface area contributed by atoms with E-state index in [1.54, 1.807) is 24.3 Å². The Labute approximate surface area is 116 Å². The van der Waals surface area contributed by atoms with E-state index in [1.165, 1.54) is 11.1 Å². The van der Waals surface area contributed by atoms with Crippen LogP contribution in [0.25, 0.3) is 0 Å². The number of aryl methyl sites for hydroxylation is 1. The Balaban J connectivity index is 2.06. The highest BCUT2D eigenvalue weighted by Gasteiger charge is 2.11. The van der Waals surface area contributed by atoms with E-state index >= 15 is 0 Å². The highest BCUT2D eigenvalue weighted by molar-refractivity contribution is 9.10. The SMILES string of the molecule is Cc1cc(NCc2cc(Br)cs2)ncc1[N+](=O)[O-]. The second-order valence-electron chi connectivity index (χ2n) is 3.70. The number of hydrogen-bond acceptors (Lipinski definition) is 5. The monoisotopic (exact) mass is 327 g/mol. The van der Waals surface area contributed by atoms with Crippen LogP contribution in [0.15, 0.2) is 28.2 Å². The molecule has 0 radical (unpaired) electrons. The molecule has 0 aromatic carbocycles. The van der Waals surface area contributed by atoms with Gasteiger partial charge >= 0.3 is 0 Å². The van der Waals surface area contributed by atoms with Crippen LogP contribution < -0.4 is 5.32 Å². The number of nitro groups is 1. The first-order valence-electron chi connectivity index (χ1n) is 5.14. The first-order valence-corrected chi connectivity index (χ1v) is 6.81. The van der Waals surface area contributed by atoms with E-state index in [4.69, 9.17) is 0 Å². The number of pyridine rings is 1. The fourth-order valence-electron chi connectivity index (χ4n) is 1.46. The van der Waals surface area contributed by atoms with Gasteiger partial charge in [0.05, 0.1) is 11.5 Å². The molecular weight excluding hydrogens is 318 g/mol. The van der Waals surface area contributed by atoms with Gasteiger partial charge in [-0.3, -0.25) is 10.1 Å². The molecule has 0 atom stereocenters. The molecule has 5 nitrogen and oxygen atoms in total. The molecule has 0 saturated carbocycles. The number of rotatable bonds is 4. The minimum atomic E-state index is -0.428. The Bertz CT molecular complexity index is 585. The number of thiophene rings is 1. The summed E-state index contributed by atoms with van der Waals surface area (Å²) >= 11 is 5.02. The zero-order chi connectivity index (χ0) is 13.1. The van der Waals surface area contributed by atoms with Crippen LogP contribution in [-0.4, -0.2) is 9.91 Å². The number of aromatic nitrogens is 1. The smallest absolute Gasteiger partial charge is 0.290 e. The van der Waals surface area contributed by atoms with Gasteiger partial charge in [-0.15, -0.1) is 11.3 Å². The lowest BCUT2D eigenvalue weighted by Gasteiger charge is -2.04. The molecule has 18 heavy (non-hydrogen) atoms. The molecule has 2 heterocycles. The molecule has 2 aromatic rings. The Morgan fingerprint density at radius 2 is 2.33 bits per heavy atom. The van der Waals surface area contributed by atoms with Crippen LogP contribution in [-0.2, 0) is 6.54 Å². The molecule has 94 valence electrons. The molecule has 0 saturated heterocycles. The first-order chi connectivity index (χ1) is 8.56. The third kappa shape index (κ3) is 3.05. The van der Waals surface area contributed by atoms with Crippen molar-refractivity contribution in [1.82, 2.24) is 4.98 Å². The highest BCUT2D eigenvalue weighted by atomic mass is 79.9. The second kappa shape index (κ2) is 5.45. The van der Waals surface area contributed by atoms with Crippen molar-refractivity contribution in [3.63, 3.8) is 0 Å². The van der Waals surface area contributed by atoms with E-state index in [-0.39, 0.29) is 5.69 Å². The van der Waals surface area contributed by atoms with Crippen LogP contribution in [0, 0.1) is 17.0 Å². The molecule has 2 aromatic heterocycles. The van der Waals surface area contributed by atoms with Crippen molar-refractivity contribution in [1.29, 1.82) is 0 Å². The normalized spacial score (nSPS) is 10.3. The maximum absolute atomic E-state index is 10.7. The summed E-state index contributed by atoms with van der Waals surface area (Å²) < 4.78 is 1.05. The fraction of sp³-hybridized carbons (Fsp3) is 0.182. The summed E-state index contributed by atoms with van der Waals surface area (Å²) in [6, 6.07) is 3.71. The lowest BCUT2D eigenvalue weighted by atomic mass is 10.2. The summed E-state index contributed by atoms with van der Waals surface area (Å²) in [6.07, 6.45) is 1.28. The van der Waals surface area contributed by atoms with Crippen molar-refractivity contribution in [3.05, 3.63) is 48.7 Å². The predicted octanol–water partition coefficient (Wildman–Crippen LogP) is 3.73. The third-order valence-electron chi connectivity index (χ3n) is 2.35. The molecule has 0 spiro atoms. The number of nitrogens with one attached hydrogen (secondary N) is 1. The summed E-state index contributed by atoms with van der Waals surface area (Å²) in [5.74, 6) is 0.641. The predicted molar refractivity (Wildman–Crippen MR) is 75.0 cm³/mol. The lowest BCUT2D eigenvalue weighted by Crippen LogP contribution is -2.01. The molecule has 7 heteroatoms. The van der Waals surface area contributed by atoms with Crippen molar-refractivity contribution in [2.24, 2.45) is 0 Å². The molecule has 2 rings (SSSR count). The van der Waals surface area contributed by atoms with Gasteiger partial charge < -0.3 is 5.32 Å². The minimum absolute atomic E-state index is 0.0411. The molecule has 0 unspecified atom stereocenters. The van der Waals surface area contributed by atoms with E-state index in [9.17, 15) is 10.1 Å². The maximum Gasteiger partial charge on any atom is 0.290 e. The van der Waals surface area contributed by atoms with E-state index in [0.29, 0.717) is 17.9 Å². The van der Waals surface area contributed by atoms with Gasteiger partial charge in [-0.25, -0.2) is 4.98 Å². The minimum Gasteiger partial charge on any atom is -0.365 e. The molecule has 0 amide bonds. The number of nitrogens with zero attached hydrogens (tertiary/aromatic N) is 2. The van der Waals surface area contributed by atoms with Gasteiger partial charge in [-0.05, 0) is 35.0 Å². The quantitative estimate of drug-likeness (QED) is 0.686. The number of hydrogen-bond donors (Lipinski definition) is 1. The van der Waals surface area contributed by atoms with E-state index in [1.807, 2.05) is 11.4 Å². The Morgan fingerprint density at radius 3 is 2.89 bits per heavy atom. The standard InChI is InChI=1S/C11H10BrN3O2S/c1-7-2-11(14-5-10(7)15(16)17)13-4-9-3-8(12)6-18-9/h2-3,5-6H,4H2,1H3,(H,13,14). The summed E-state index contributed by atoms with van der Waals surface area (Å²) in [5.41, 5.74) is 0.643. The second-order valence-corrected chi connectivity index (χ2v) is 5.61. The number of anilines is 1. The Kier molecular flexibility index (Phi) is 3.93. The van der Waals surface area contributed by atoms with Gasteiger partial charge in [-0.2, -0.15) is 0 Å². The van der Waals surface area contributed by atoms with Gasteiger partial charge in [0, 0.05) is 20.3 Å². The molecule has 0 aliphatic rings. The van der Waals surface area contributed by atoms with Crippen LogP contribution in [0.2, 0.25) is 0 Å². The van der Waals surface area contributed by atoms with Gasteiger partial charge in [0.25, 0.3) is 5.69 Å². The van der Waals surface area contributed by atoms with Gasteiger partial charge in [0.2, 0.25) is 0 Å². The average molecular weight is 328 g/mol. The van der Waals surface area contributed by atoms with Crippen LogP contribution in [0.1, 0.15) is 10.4 Å². The molecule has 0 aliphatic heterocycles.